The fourth-order valence-corrected chi connectivity index (χ4v) is 5.94. The molecule has 0 spiro atoms. The second-order valence-corrected chi connectivity index (χ2v) is 9.04. The molecular weight excluding hydrogens is 328 g/mol. The number of esters is 2. The van der Waals surface area contributed by atoms with Crippen molar-refractivity contribution in [3.05, 3.63) is 23.8 Å². The summed E-state index contributed by atoms with van der Waals surface area (Å²) in [5, 5.41) is 0. The van der Waals surface area contributed by atoms with Crippen molar-refractivity contribution in [2.24, 2.45) is 22.7 Å². The normalized spacial score (nSPS) is 37.0. The lowest BCUT2D eigenvalue weighted by Gasteiger charge is -2.58. The molecule has 1 heterocycles. The third kappa shape index (κ3) is 3.60. The number of allylic oxidation sites excluding steroid dienone is 1. The van der Waals surface area contributed by atoms with Gasteiger partial charge in [-0.25, -0.2) is 4.79 Å². The average molecular weight is 360 g/mol. The Balaban J connectivity index is 1.77. The number of fused-ring (bicyclic) bond motifs is 1. The standard InChI is InChI=1S/C22H32O4/c1-15-6-9-19-21(3,14-26-16(2)23)10-5-11-22(19,4)18(15)8-7-17-12-20(24)25-13-17/h12,18-19H,1,5-11,13-14H2,2-4H3. The fraction of sp³-hybridized carbons (Fsp3) is 0.727. The minimum Gasteiger partial charge on any atom is -0.465 e. The molecule has 0 radical (unpaired) electrons. The lowest BCUT2D eigenvalue weighted by Crippen LogP contribution is -2.52. The number of ether oxygens (including phenoxy) is 2. The van der Waals surface area contributed by atoms with Crippen molar-refractivity contribution >= 4 is 11.9 Å². The Labute approximate surface area is 157 Å². The summed E-state index contributed by atoms with van der Waals surface area (Å²) in [6.07, 6.45) is 9.24. The number of carbonyl (C=O) groups excluding carboxylic acids is 2. The summed E-state index contributed by atoms with van der Waals surface area (Å²) in [5.74, 6) is 0.593. The highest BCUT2D eigenvalue weighted by atomic mass is 16.5. The third-order valence-corrected chi connectivity index (χ3v) is 7.22. The van der Waals surface area contributed by atoms with Gasteiger partial charge in [0.25, 0.3) is 0 Å². The molecule has 4 heteroatoms. The minimum absolute atomic E-state index is 0.0450. The molecule has 2 aliphatic carbocycles. The van der Waals surface area contributed by atoms with Gasteiger partial charge in [-0.3, -0.25) is 4.79 Å². The lowest BCUT2D eigenvalue weighted by molar-refractivity contribution is -0.152. The van der Waals surface area contributed by atoms with E-state index in [9.17, 15) is 9.59 Å². The van der Waals surface area contributed by atoms with Crippen LogP contribution in [0.5, 0.6) is 0 Å². The zero-order chi connectivity index (χ0) is 18.9. The first kappa shape index (κ1) is 19.2. The van der Waals surface area contributed by atoms with E-state index in [0.717, 1.165) is 37.7 Å². The first-order chi connectivity index (χ1) is 12.2. The van der Waals surface area contributed by atoms with Gasteiger partial charge in [-0.1, -0.05) is 32.4 Å². The van der Waals surface area contributed by atoms with Crippen LogP contribution in [0.15, 0.2) is 23.8 Å². The van der Waals surface area contributed by atoms with Gasteiger partial charge in [-0.05, 0) is 61.3 Å². The van der Waals surface area contributed by atoms with Crippen LogP contribution in [0.1, 0.15) is 65.7 Å². The molecular formula is C22H32O4. The first-order valence-electron chi connectivity index (χ1n) is 9.92. The highest BCUT2D eigenvalue weighted by Gasteiger charge is 2.54. The highest BCUT2D eigenvalue weighted by molar-refractivity contribution is 5.85. The molecule has 1 aliphatic heterocycles. The summed E-state index contributed by atoms with van der Waals surface area (Å²) in [6.45, 7) is 11.6. The Kier molecular flexibility index (Phi) is 5.32. The van der Waals surface area contributed by atoms with E-state index in [4.69, 9.17) is 9.47 Å². The number of hydrogen-bond acceptors (Lipinski definition) is 4. The molecule has 3 rings (SSSR count). The smallest absolute Gasteiger partial charge is 0.331 e. The number of hydrogen-bond donors (Lipinski definition) is 0. The topological polar surface area (TPSA) is 52.6 Å². The van der Waals surface area contributed by atoms with Crippen molar-refractivity contribution < 1.29 is 19.1 Å². The van der Waals surface area contributed by atoms with Crippen LogP contribution in [-0.2, 0) is 19.1 Å². The van der Waals surface area contributed by atoms with E-state index < -0.39 is 0 Å². The molecule has 0 aromatic heterocycles. The summed E-state index contributed by atoms with van der Waals surface area (Å²) in [5.41, 5.74) is 2.69. The van der Waals surface area contributed by atoms with Crippen LogP contribution in [0, 0.1) is 22.7 Å². The van der Waals surface area contributed by atoms with Gasteiger partial charge >= 0.3 is 11.9 Å². The van der Waals surface area contributed by atoms with Gasteiger partial charge in [0, 0.05) is 18.4 Å². The third-order valence-electron chi connectivity index (χ3n) is 7.22. The monoisotopic (exact) mass is 360 g/mol. The van der Waals surface area contributed by atoms with Crippen LogP contribution in [0.4, 0.5) is 0 Å². The van der Waals surface area contributed by atoms with E-state index in [1.54, 1.807) is 6.08 Å². The summed E-state index contributed by atoms with van der Waals surface area (Å²) in [4.78, 5) is 22.7. The maximum absolute atomic E-state index is 11.4. The number of carbonyl (C=O) groups is 2. The molecule has 2 fully saturated rings. The van der Waals surface area contributed by atoms with E-state index >= 15 is 0 Å². The summed E-state index contributed by atoms with van der Waals surface area (Å²) >= 11 is 0. The fourth-order valence-electron chi connectivity index (χ4n) is 5.94. The van der Waals surface area contributed by atoms with Crippen molar-refractivity contribution in [2.75, 3.05) is 13.2 Å². The Bertz CT molecular complexity index is 634. The van der Waals surface area contributed by atoms with Crippen molar-refractivity contribution in [1.29, 1.82) is 0 Å². The first-order valence-corrected chi connectivity index (χ1v) is 9.92. The molecule has 4 atom stereocenters. The number of cyclic esters (lactones) is 1. The van der Waals surface area contributed by atoms with Crippen molar-refractivity contribution in [3.8, 4) is 0 Å². The molecule has 0 aromatic rings. The van der Waals surface area contributed by atoms with Crippen LogP contribution < -0.4 is 0 Å². The van der Waals surface area contributed by atoms with Gasteiger partial charge < -0.3 is 9.47 Å². The quantitative estimate of drug-likeness (QED) is 0.531. The van der Waals surface area contributed by atoms with Gasteiger partial charge in [0.05, 0.1) is 6.61 Å². The second-order valence-electron chi connectivity index (χ2n) is 9.04. The molecule has 0 amide bonds. The average Bonchev–Trinajstić information content (AvgIpc) is 2.97. The van der Waals surface area contributed by atoms with E-state index in [1.807, 2.05) is 0 Å². The van der Waals surface area contributed by atoms with Gasteiger partial charge in [-0.15, -0.1) is 0 Å². The molecule has 4 nitrogen and oxygen atoms in total. The van der Waals surface area contributed by atoms with Crippen molar-refractivity contribution in [3.63, 3.8) is 0 Å². The van der Waals surface area contributed by atoms with Gasteiger partial charge in [-0.2, -0.15) is 0 Å². The molecule has 144 valence electrons. The van der Waals surface area contributed by atoms with E-state index in [2.05, 4.69) is 20.4 Å². The van der Waals surface area contributed by atoms with Crippen LogP contribution in [-0.4, -0.2) is 25.2 Å². The Morgan fingerprint density at radius 3 is 2.81 bits per heavy atom. The van der Waals surface area contributed by atoms with E-state index in [-0.39, 0.29) is 22.8 Å². The SMILES string of the molecule is C=C1CCC2C(C)(COC(C)=O)CCCC2(C)C1CCC1=CC(=O)OC1. The van der Waals surface area contributed by atoms with Crippen LogP contribution in [0.25, 0.3) is 0 Å². The zero-order valence-electron chi connectivity index (χ0n) is 16.4. The highest BCUT2D eigenvalue weighted by Crippen LogP contribution is 2.62. The summed E-state index contributed by atoms with van der Waals surface area (Å²) < 4.78 is 10.5. The zero-order valence-corrected chi connectivity index (χ0v) is 16.4. The molecule has 0 saturated heterocycles. The van der Waals surface area contributed by atoms with Gasteiger partial charge in [0.1, 0.15) is 6.61 Å². The molecule has 2 saturated carbocycles. The summed E-state index contributed by atoms with van der Waals surface area (Å²) in [6, 6.07) is 0. The minimum atomic E-state index is -0.210. The van der Waals surface area contributed by atoms with Crippen LogP contribution in [0.3, 0.4) is 0 Å². The van der Waals surface area contributed by atoms with Crippen LogP contribution >= 0.6 is 0 Å². The molecule has 0 bridgehead atoms. The van der Waals surface area contributed by atoms with Crippen molar-refractivity contribution in [1.82, 2.24) is 0 Å². The second kappa shape index (κ2) is 7.21. The predicted octanol–water partition coefficient (Wildman–Crippen LogP) is 4.59. The van der Waals surface area contributed by atoms with Gasteiger partial charge in [0.15, 0.2) is 0 Å². The summed E-state index contributed by atoms with van der Waals surface area (Å²) in [7, 11) is 0. The van der Waals surface area contributed by atoms with Crippen molar-refractivity contribution in [2.45, 2.75) is 65.7 Å². The predicted molar refractivity (Wildman–Crippen MR) is 100 cm³/mol. The molecule has 26 heavy (non-hydrogen) atoms. The molecule has 0 aromatic carbocycles. The maximum Gasteiger partial charge on any atom is 0.331 e. The van der Waals surface area contributed by atoms with Crippen LogP contribution in [0.2, 0.25) is 0 Å². The number of rotatable bonds is 5. The van der Waals surface area contributed by atoms with Gasteiger partial charge in [0.2, 0.25) is 0 Å². The molecule has 4 unspecified atom stereocenters. The maximum atomic E-state index is 11.4. The Hall–Kier alpha value is -1.58. The van der Waals surface area contributed by atoms with E-state index in [0.29, 0.717) is 25.0 Å². The molecule has 3 aliphatic rings. The Morgan fingerprint density at radius 1 is 1.38 bits per heavy atom. The lowest BCUT2D eigenvalue weighted by atomic mass is 9.47. The largest absolute Gasteiger partial charge is 0.465 e. The Morgan fingerprint density at radius 2 is 2.15 bits per heavy atom. The van der Waals surface area contributed by atoms with E-state index in [1.165, 1.54) is 25.3 Å². The molecule has 0 N–H and O–H groups in total.